The molecule has 0 spiro atoms. The standard InChI is InChI=1S/C25H19F4N5O/c1-14-32-33-23-31-21(17-13-16(26)5-6-19(17)34(14)23)20-8-12-30-18-4-2-3-15(22(18)35-20)7-9-24(10-11-24)25(27,28)29/h2-6,13,20,30H,8,10-12H2,1H3. The Balaban J connectivity index is 1.46. The van der Waals surface area contributed by atoms with Gasteiger partial charge in [0.15, 0.2) is 5.75 Å². The Morgan fingerprint density at radius 1 is 1.17 bits per heavy atom. The highest BCUT2D eigenvalue weighted by Gasteiger charge is 2.62. The first-order chi connectivity index (χ1) is 16.8. The van der Waals surface area contributed by atoms with Crippen LogP contribution < -0.4 is 10.1 Å². The molecule has 0 radical (unpaired) electrons. The van der Waals surface area contributed by atoms with Crippen molar-refractivity contribution in [2.45, 2.75) is 38.5 Å². The molecule has 2 aromatic heterocycles. The first kappa shape index (κ1) is 21.6. The Hall–Kier alpha value is -3.87. The minimum atomic E-state index is -4.37. The van der Waals surface area contributed by atoms with E-state index in [4.69, 9.17) is 4.74 Å². The van der Waals surface area contributed by atoms with Crippen LogP contribution in [0.4, 0.5) is 23.2 Å². The van der Waals surface area contributed by atoms with Crippen molar-refractivity contribution < 1.29 is 22.3 Å². The Kier molecular flexibility index (Phi) is 4.68. The fourth-order valence-corrected chi connectivity index (χ4v) is 4.45. The third-order valence-corrected chi connectivity index (χ3v) is 6.53. The molecule has 1 fully saturated rings. The largest absolute Gasteiger partial charge is 0.481 e. The third kappa shape index (κ3) is 3.53. The highest BCUT2D eigenvalue weighted by molar-refractivity contribution is 5.84. The molecular weight excluding hydrogens is 462 g/mol. The molecule has 4 aromatic rings. The zero-order chi connectivity index (χ0) is 24.4. The molecule has 1 atom stereocenters. The van der Waals surface area contributed by atoms with Gasteiger partial charge in [0.2, 0.25) is 0 Å². The second-order valence-corrected chi connectivity index (χ2v) is 8.88. The summed E-state index contributed by atoms with van der Waals surface area (Å²) in [5, 5.41) is 12.0. The predicted octanol–water partition coefficient (Wildman–Crippen LogP) is 5.35. The number of anilines is 1. The average Bonchev–Trinajstić information content (AvgIpc) is 3.58. The lowest BCUT2D eigenvalue weighted by atomic mass is 10.1. The monoisotopic (exact) mass is 481 g/mol. The second kappa shape index (κ2) is 7.57. The number of nitrogens with zero attached hydrogens (tertiary/aromatic N) is 4. The Labute approximate surface area is 197 Å². The van der Waals surface area contributed by atoms with Crippen LogP contribution in [-0.4, -0.2) is 32.3 Å². The van der Waals surface area contributed by atoms with E-state index in [1.165, 1.54) is 12.1 Å². The molecule has 1 aliphatic heterocycles. The van der Waals surface area contributed by atoms with E-state index in [0.29, 0.717) is 58.2 Å². The number of aromatic nitrogens is 4. The van der Waals surface area contributed by atoms with E-state index in [1.807, 2.05) is 0 Å². The lowest BCUT2D eigenvalue weighted by Gasteiger charge is -2.19. The van der Waals surface area contributed by atoms with Gasteiger partial charge in [-0.3, -0.25) is 4.40 Å². The van der Waals surface area contributed by atoms with Crippen LogP contribution in [0.1, 0.15) is 42.4 Å². The maximum Gasteiger partial charge on any atom is 0.405 e. The van der Waals surface area contributed by atoms with Crippen LogP contribution in [0.2, 0.25) is 0 Å². The number of nitrogens with one attached hydrogen (secondary N) is 1. The number of rotatable bonds is 1. The molecule has 35 heavy (non-hydrogen) atoms. The van der Waals surface area contributed by atoms with Crippen LogP contribution in [0.5, 0.6) is 5.75 Å². The first-order valence-corrected chi connectivity index (χ1v) is 11.2. The zero-order valence-corrected chi connectivity index (χ0v) is 18.6. The van der Waals surface area contributed by atoms with Gasteiger partial charge in [-0.05, 0) is 50.1 Å². The van der Waals surface area contributed by atoms with Crippen LogP contribution in [0, 0.1) is 30.0 Å². The zero-order valence-electron chi connectivity index (χ0n) is 18.6. The predicted molar refractivity (Wildman–Crippen MR) is 121 cm³/mol. The number of fused-ring (bicyclic) bond motifs is 4. The molecule has 6 rings (SSSR count). The first-order valence-electron chi connectivity index (χ1n) is 11.2. The van der Waals surface area contributed by atoms with Crippen molar-refractivity contribution in [3.8, 4) is 17.6 Å². The SMILES string of the molecule is Cc1nnc2nc(C3CCNc4cccc(C#CC5(C(F)(F)F)CC5)c4O3)c3cc(F)ccc3n12. The maximum atomic E-state index is 14.3. The van der Waals surface area contributed by atoms with Crippen molar-refractivity contribution in [1.29, 1.82) is 0 Å². The van der Waals surface area contributed by atoms with E-state index in [1.54, 1.807) is 35.6 Å². The van der Waals surface area contributed by atoms with Crippen molar-refractivity contribution >= 4 is 22.4 Å². The van der Waals surface area contributed by atoms with Gasteiger partial charge in [-0.25, -0.2) is 9.37 Å². The van der Waals surface area contributed by atoms with Gasteiger partial charge in [0.05, 0.1) is 22.5 Å². The molecule has 2 aliphatic rings. The van der Waals surface area contributed by atoms with E-state index in [-0.39, 0.29) is 12.8 Å². The van der Waals surface area contributed by atoms with Gasteiger partial charge >= 0.3 is 6.18 Å². The van der Waals surface area contributed by atoms with E-state index in [9.17, 15) is 17.6 Å². The molecule has 178 valence electrons. The minimum Gasteiger partial charge on any atom is -0.481 e. The summed E-state index contributed by atoms with van der Waals surface area (Å²) in [6, 6.07) is 9.54. The maximum absolute atomic E-state index is 14.3. The number of hydrogen-bond acceptors (Lipinski definition) is 5. The second-order valence-electron chi connectivity index (χ2n) is 8.88. The van der Waals surface area contributed by atoms with Crippen molar-refractivity contribution in [2.24, 2.45) is 5.41 Å². The molecule has 3 heterocycles. The molecular formula is C25H19F4N5O. The van der Waals surface area contributed by atoms with E-state index >= 15 is 0 Å². The number of para-hydroxylation sites is 1. The van der Waals surface area contributed by atoms with Gasteiger partial charge < -0.3 is 10.1 Å². The minimum absolute atomic E-state index is 0.000487. The molecule has 1 N–H and O–H groups in total. The van der Waals surface area contributed by atoms with Crippen molar-refractivity contribution in [2.75, 3.05) is 11.9 Å². The number of aryl methyl sites for hydroxylation is 1. The molecule has 1 unspecified atom stereocenters. The average molecular weight is 481 g/mol. The van der Waals surface area contributed by atoms with Crippen LogP contribution in [0.15, 0.2) is 36.4 Å². The number of halogens is 4. The Morgan fingerprint density at radius 3 is 2.77 bits per heavy atom. The van der Waals surface area contributed by atoms with Gasteiger partial charge in [-0.1, -0.05) is 17.9 Å². The summed E-state index contributed by atoms with van der Waals surface area (Å²) in [5.41, 5.74) is 0.201. The molecule has 10 heteroatoms. The van der Waals surface area contributed by atoms with Gasteiger partial charge in [-0.2, -0.15) is 13.2 Å². The lowest BCUT2D eigenvalue weighted by molar-refractivity contribution is -0.168. The lowest BCUT2D eigenvalue weighted by Crippen LogP contribution is -2.22. The summed E-state index contributed by atoms with van der Waals surface area (Å²) in [6.07, 6.45) is -4.50. The van der Waals surface area contributed by atoms with E-state index < -0.39 is 23.5 Å². The summed E-state index contributed by atoms with van der Waals surface area (Å²) in [5.74, 6) is 6.06. The van der Waals surface area contributed by atoms with Gasteiger partial charge in [0, 0.05) is 18.4 Å². The fourth-order valence-electron chi connectivity index (χ4n) is 4.45. The summed E-state index contributed by atoms with van der Waals surface area (Å²) >= 11 is 0. The third-order valence-electron chi connectivity index (χ3n) is 6.53. The van der Waals surface area contributed by atoms with E-state index in [0.717, 1.165) is 0 Å². The Bertz CT molecular complexity index is 1550. The van der Waals surface area contributed by atoms with Crippen molar-refractivity contribution in [3.05, 3.63) is 59.3 Å². The van der Waals surface area contributed by atoms with Crippen LogP contribution in [-0.2, 0) is 0 Å². The van der Waals surface area contributed by atoms with Crippen LogP contribution in [0.3, 0.4) is 0 Å². The molecule has 2 aromatic carbocycles. The fraction of sp³-hybridized carbons (Fsp3) is 0.320. The summed E-state index contributed by atoms with van der Waals surface area (Å²) < 4.78 is 62.6. The van der Waals surface area contributed by atoms with Crippen molar-refractivity contribution in [3.63, 3.8) is 0 Å². The van der Waals surface area contributed by atoms with Crippen LogP contribution >= 0.6 is 0 Å². The molecule has 1 saturated carbocycles. The molecule has 0 bridgehead atoms. The summed E-state index contributed by atoms with van der Waals surface area (Å²) in [6.45, 7) is 2.29. The Morgan fingerprint density at radius 2 is 2.00 bits per heavy atom. The number of benzene rings is 2. The normalized spacial score (nSPS) is 18.7. The number of hydrogen-bond donors (Lipinski definition) is 1. The van der Waals surface area contributed by atoms with Gasteiger partial charge in [-0.15, -0.1) is 10.2 Å². The highest BCUT2D eigenvalue weighted by Crippen LogP contribution is 2.57. The quantitative estimate of drug-likeness (QED) is 0.293. The molecule has 6 nitrogen and oxygen atoms in total. The van der Waals surface area contributed by atoms with Gasteiger partial charge in [0.25, 0.3) is 5.78 Å². The molecule has 0 amide bonds. The van der Waals surface area contributed by atoms with Crippen LogP contribution in [0.25, 0.3) is 16.7 Å². The van der Waals surface area contributed by atoms with Crippen molar-refractivity contribution in [1.82, 2.24) is 19.6 Å². The topological polar surface area (TPSA) is 64.3 Å². The molecule has 0 saturated heterocycles. The highest BCUT2D eigenvalue weighted by atomic mass is 19.4. The summed E-state index contributed by atoms with van der Waals surface area (Å²) in [4.78, 5) is 4.65. The van der Waals surface area contributed by atoms with Gasteiger partial charge in [0.1, 0.15) is 23.2 Å². The van der Waals surface area contributed by atoms with E-state index in [2.05, 4.69) is 32.3 Å². The smallest absolute Gasteiger partial charge is 0.405 e. The molecule has 1 aliphatic carbocycles. The number of ether oxygens (including phenoxy) is 1. The summed E-state index contributed by atoms with van der Waals surface area (Å²) in [7, 11) is 0. The number of alkyl halides is 3.